The van der Waals surface area contributed by atoms with Crippen LogP contribution in [-0.2, 0) is 10.4 Å². The predicted octanol–water partition coefficient (Wildman–Crippen LogP) is 4.85. The number of fused-ring (bicyclic) bond motifs is 1. The Kier molecular flexibility index (Phi) is 15.0. The number of carbonyl (C=O) groups is 1. The maximum atomic E-state index is 12.9. The van der Waals surface area contributed by atoms with Gasteiger partial charge in [-0.15, -0.1) is 0 Å². The predicted molar refractivity (Wildman–Crippen MR) is 200 cm³/mol. The number of aromatic amines is 1. The summed E-state index contributed by atoms with van der Waals surface area (Å²) in [5.41, 5.74) is 2.12. The average Bonchev–Trinajstić information content (AvgIpc) is 3.49. The van der Waals surface area contributed by atoms with E-state index in [1.54, 1.807) is 0 Å². The van der Waals surface area contributed by atoms with E-state index >= 15 is 0 Å². The van der Waals surface area contributed by atoms with Gasteiger partial charge in [0.15, 0.2) is 11.5 Å². The molecule has 2 N–H and O–H groups in total. The second-order valence-electron chi connectivity index (χ2n) is 15.0. The van der Waals surface area contributed by atoms with Crippen molar-refractivity contribution in [2.45, 2.75) is 123 Å². The smallest absolute Gasteiger partial charge is 0.227 e. The number of hydrogen-bond donors (Lipinski definition) is 2. The molecule has 3 aromatic heterocycles. The number of piperidine rings is 1. The van der Waals surface area contributed by atoms with Gasteiger partial charge in [-0.2, -0.15) is 0 Å². The molecule has 3 aromatic rings. The van der Waals surface area contributed by atoms with E-state index in [1.165, 1.54) is 82.0 Å². The molecule has 10 heteroatoms. The quantitative estimate of drug-likeness (QED) is 0.209. The van der Waals surface area contributed by atoms with Crippen LogP contribution in [-0.4, -0.2) is 92.7 Å². The van der Waals surface area contributed by atoms with Crippen molar-refractivity contribution >= 4 is 22.9 Å². The minimum atomic E-state index is -0.773. The molecule has 1 aliphatic carbocycles. The monoisotopic (exact) mass is 694 g/mol. The van der Waals surface area contributed by atoms with Gasteiger partial charge in [-0.1, -0.05) is 59.4 Å². The van der Waals surface area contributed by atoms with E-state index in [0.29, 0.717) is 35.3 Å². The van der Waals surface area contributed by atoms with Crippen LogP contribution in [0.1, 0.15) is 123 Å². The Bertz CT molecular complexity index is 1430. The molecule has 0 unspecified atom stereocenters. The van der Waals surface area contributed by atoms with Crippen molar-refractivity contribution in [3.8, 4) is 11.5 Å². The normalized spacial score (nSPS) is 18.5. The van der Waals surface area contributed by atoms with E-state index in [0.717, 1.165) is 69.5 Å². The number of aromatic nitrogens is 4. The lowest BCUT2D eigenvalue weighted by atomic mass is 9.96. The molecule has 2 saturated heterocycles. The molecule has 2 aliphatic heterocycles. The summed E-state index contributed by atoms with van der Waals surface area (Å²) in [6.07, 6.45) is 16.8. The Morgan fingerprint density at radius 1 is 0.840 bits per heavy atom. The van der Waals surface area contributed by atoms with Gasteiger partial charge in [0.2, 0.25) is 5.91 Å². The van der Waals surface area contributed by atoms with Gasteiger partial charge in [0.1, 0.15) is 17.1 Å². The number of rotatable bonds is 16. The van der Waals surface area contributed by atoms with Gasteiger partial charge < -0.3 is 29.1 Å². The fourth-order valence-electron chi connectivity index (χ4n) is 7.61. The van der Waals surface area contributed by atoms with Gasteiger partial charge in [0.05, 0.1) is 43.3 Å². The van der Waals surface area contributed by atoms with Crippen molar-refractivity contribution in [1.82, 2.24) is 24.8 Å². The third kappa shape index (κ3) is 10.2. The highest BCUT2D eigenvalue weighted by atomic mass is 19.0. The SMILES string of the molecule is CCCC[N+](CCCC)(CCCC)CCCC.O=C([C@@H]1CCCN(c2ccc3[nH]c(-c4cccc(C5(O)CC5)n4)nc3n2)C1)N1CCCC1.[F-]. The first-order valence-electron chi connectivity index (χ1n) is 19.8. The number of unbranched alkanes of at least 4 members (excludes halogenated alkanes) is 4. The zero-order valence-electron chi connectivity index (χ0n) is 31.4. The molecule has 1 saturated carbocycles. The Morgan fingerprint density at radius 3 is 2.04 bits per heavy atom. The van der Waals surface area contributed by atoms with Crippen LogP contribution in [0.5, 0.6) is 0 Å². The van der Waals surface area contributed by atoms with Gasteiger partial charge in [-0.25, -0.2) is 15.0 Å². The molecule has 1 amide bonds. The van der Waals surface area contributed by atoms with E-state index in [9.17, 15) is 9.90 Å². The summed E-state index contributed by atoms with van der Waals surface area (Å²) in [5.74, 6) is 1.87. The Morgan fingerprint density at radius 2 is 1.46 bits per heavy atom. The first kappa shape index (κ1) is 39.7. The number of nitrogens with zero attached hydrogens (tertiary/aromatic N) is 6. The third-order valence-electron chi connectivity index (χ3n) is 11.0. The molecule has 0 aromatic carbocycles. The number of nitrogens with one attached hydrogen (secondary N) is 1. The maximum Gasteiger partial charge on any atom is 0.227 e. The summed E-state index contributed by atoms with van der Waals surface area (Å²) in [4.78, 5) is 34.6. The second-order valence-corrected chi connectivity index (χ2v) is 15.0. The number of imidazole rings is 1. The summed E-state index contributed by atoms with van der Waals surface area (Å²) < 4.78 is 1.42. The lowest BCUT2D eigenvalue weighted by molar-refractivity contribution is -0.929. The van der Waals surface area contributed by atoms with E-state index in [4.69, 9.17) is 4.98 Å². The highest BCUT2D eigenvalue weighted by Gasteiger charge is 2.43. The molecule has 50 heavy (non-hydrogen) atoms. The Balaban J connectivity index is 0.000000269. The van der Waals surface area contributed by atoms with Gasteiger partial charge in [-0.3, -0.25) is 4.79 Å². The largest absolute Gasteiger partial charge is 1.00 e. The lowest BCUT2D eigenvalue weighted by Gasteiger charge is -2.39. The third-order valence-corrected chi connectivity index (χ3v) is 11.0. The van der Waals surface area contributed by atoms with Crippen molar-refractivity contribution < 1.29 is 19.1 Å². The molecule has 3 aliphatic rings. The first-order valence-corrected chi connectivity index (χ1v) is 19.8. The number of pyridine rings is 2. The van der Waals surface area contributed by atoms with E-state index in [1.807, 2.05) is 35.2 Å². The molecule has 0 radical (unpaired) electrons. The van der Waals surface area contributed by atoms with Gasteiger partial charge in [0, 0.05) is 26.2 Å². The first-order chi connectivity index (χ1) is 23.8. The summed E-state index contributed by atoms with van der Waals surface area (Å²) in [6, 6.07) is 9.67. The molecular weight excluding hydrogens is 629 g/mol. The van der Waals surface area contributed by atoms with Crippen LogP contribution in [0, 0.1) is 5.92 Å². The minimum absolute atomic E-state index is 0. The van der Waals surface area contributed by atoms with E-state index < -0.39 is 5.60 Å². The van der Waals surface area contributed by atoms with Crippen molar-refractivity contribution in [1.29, 1.82) is 0 Å². The molecule has 0 bridgehead atoms. The minimum Gasteiger partial charge on any atom is -1.00 e. The van der Waals surface area contributed by atoms with Crippen LogP contribution in [0.3, 0.4) is 0 Å². The van der Waals surface area contributed by atoms with Crippen molar-refractivity contribution in [3.63, 3.8) is 0 Å². The molecule has 3 fully saturated rings. The molecule has 9 nitrogen and oxygen atoms in total. The number of anilines is 1. The zero-order valence-corrected chi connectivity index (χ0v) is 31.4. The van der Waals surface area contributed by atoms with Gasteiger partial charge in [0.25, 0.3) is 0 Å². The van der Waals surface area contributed by atoms with E-state index in [2.05, 4.69) is 47.5 Å². The number of quaternary nitrogens is 1. The highest BCUT2D eigenvalue weighted by molar-refractivity contribution is 5.80. The Labute approximate surface area is 300 Å². The fourth-order valence-corrected chi connectivity index (χ4v) is 7.61. The molecular formula is C40H64FN7O2. The van der Waals surface area contributed by atoms with Crippen LogP contribution in [0.4, 0.5) is 5.82 Å². The van der Waals surface area contributed by atoms with Crippen molar-refractivity contribution in [2.75, 3.05) is 57.3 Å². The van der Waals surface area contributed by atoms with Crippen molar-refractivity contribution in [2.24, 2.45) is 5.92 Å². The Hall–Kier alpha value is -3.11. The number of halogens is 1. The number of likely N-dealkylation sites (tertiary alicyclic amines) is 1. The molecule has 0 spiro atoms. The molecule has 1 atom stereocenters. The topological polar surface area (TPSA) is 98.2 Å². The van der Waals surface area contributed by atoms with Crippen LogP contribution in [0.15, 0.2) is 30.3 Å². The number of hydrogen-bond acceptors (Lipinski definition) is 6. The number of aliphatic hydroxyl groups is 1. The number of carbonyl (C=O) groups excluding carboxylic acids is 1. The summed E-state index contributed by atoms with van der Waals surface area (Å²) in [6.45, 7) is 18.4. The molecule has 5 heterocycles. The number of amides is 1. The standard InChI is InChI=1S/C24H28N6O2.C16H36N.FH/c31-23(29-12-1-2-13-29)16-5-4-14-30(15-16)20-9-8-18-22(27-20)28-21(26-18)17-6-3-7-19(25-17)24(32)10-11-24;1-5-9-13-17(14-10-6-2,15-11-7-3)16-12-8-4;/h3,6-9,16,32H,1-2,4-5,10-15H2,(H,26,27,28);5-16H2,1-4H3;1H/q;+1;/p-1/t16-;;/m1../s1. The maximum absolute atomic E-state index is 12.9. The second kappa shape index (κ2) is 18.9. The average molecular weight is 694 g/mol. The molecule has 6 rings (SSSR count). The van der Waals surface area contributed by atoms with Crippen LogP contribution >= 0.6 is 0 Å². The lowest BCUT2D eigenvalue weighted by Crippen LogP contribution is -3.00. The summed E-state index contributed by atoms with van der Waals surface area (Å²) >= 11 is 0. The van der Waals surface area contributed by atoms with Gasteiger partial charge in [-0.05, 0) is 88.5 Å². The van der Waals surface area contributed by atoms with E-state index in [-0.39, 0.29) is 10.6 Å². The molecule has 278 valence electrons. The fraction of sp³-hybridized carbons (Fsp3) is 0.700. The van der Waals surface area contributed by atoms with Crippen LogP contribution in [0.25, 0.3) is 22.7 Å². The highest BCUT2D eigenvalue weighted by Crippen LogP contribution is 2.44. The van der Waals surface area contributed by atoms with Crippen LogP contribution in [0.2, 0.25) is 0 Å². The zero-order chi connectivity index (χ0) is 34.7. The summed E-state index contributed by atoms with van der Waals surface area (Å²) in [7, 11) is 0. The summed E-state index contributed by atoms with van der Waals surface area (Å²) in [5, 5.41) is 10.4. The van der Waals surface area contributed by atoms with Crippen LogP contribution < -0.4 is 9.60 Å². The number of H-pyrrole nitrogens is 1. The van der Waals surface area contributed by atoms with Gasteiger partial charge >= 0.3 is 0 Å². The van der Waals surface area contributed by atoms with Crippen molar-refractivity contribution in [3.05, 3.63) is 36.0 Å².